The fourth-order valence-corrected chi connectivity index (χ4v) is 2.07. The van der Waals surface area contributed by atoms with Crippen LogP contribution in [0.15, 0.2) is 24.4 Å². The summed E-state index contributed by atoms with van der Waals surface area (Å²) in [5.74, 6) is 0.133. The third kappa shape index (κ3) is 1.64. The minimum absolute atomic E-state index is 0.133. The average Bonchev–Trinajstić information content (AvgIpc) is 2.56. The lowest BCUT2D eigenvalue weighted by molar-refractivity contribution is 0.101. The van der Waals surface area contributed by atoms with Gasteiger partial charge in [0.05, 0.1) is 0 Å². The molecule has 16 heavy (non-hydrogen) atoms. The van der Waals surface area contributed by atoms with E-state index in [2.05, 4.69) is 37.5 Å². The van der Waals surface area contributed by atoms with E-state index in [1.54, 1.807) is 6.92 Å². The van der Waals surface area contributed by atoms with Crippen LogP contribution in [0.1, 0.15) is 42.7 Å². The molecular formula is C14H17NO. The van der Waals surface area contributed by atoms with Gasteiger partial charge in [0.2, 0.25) is 0 Å². The Labute approximate surface area is 95.9 Å². The predicted molar refractivity (Wildman–Crippen MR) is 67.1 cm³/mol. The van der Waals surface area contributed by atoms with Gasteiger partial charge in [-0.05, 0) is 39.3 Å². The van der Waals surface area contributed by atoms with E-state index in [0.717, 1.165) is 16.5 Å². The zero-order valence-corrected chi connectivity index (χ0v) is 10.2. The molecule has 84 valence electrons. The molecule has 0 atom stereocenters. The van der Waals surface area contributed by atoms with E-state index in [9.17, 15) is 4.79 Å². The van der Waals surface area contributed by atoms with Gasteiger partial charge >= 0.3 is 0 Å². The summed E-state index contributed by atoms with van der Waals surface area (Å²) in [5, 5.41) is 1.06. The summed E-state index contributed by atoms with van der Waals surface area (Å²) in [6.45, 7) is 7.96. The van der Waals surface area contributed by atoms with Crippen LogP contribution >= 0.6 is 0 Å². The van der Waals surface area contributed by atoms with E-state index in [1.807, 2.05) is 12.3 Å². The summed E-state index contributed by atoms with van der Waals surface area (Å²) in [5.41, 5.74) is 3.20. The third-order valence-electron chi connectivity index (χ3n) is 2.93. The van der Waals surface area contributed by atoms with Crippen molar-refractivity contribution in [2.75, 3.05) is 0 Å². The van der Waals surface area contributed by atoms with E-state index in [1.165, 1.54) is 5.56 Å². The number of aryl methyl sites for hydroxylation is 1. The Morgan fingerprint density at radius 3 is 2.56 bits per heavy atom. The minimum Gasteiger partial charge on any atom is -0.344 e. The van der Waals surface area contributed by atoms with Crippen molar-refractivity contribution in [1.29, 1.82) is 0 Å². The smallest absolute Gasteiger partial charge is 0.161 e. The van der Waals surface area contributed by atoms with Crippen LogP contribution in [0, 0.1) is 6.92 Å². The molecule has 0 amide bonds. The summed E-state index contributed by atoms with van der Waals surface area (Å²) in [6.07, 6.45) is 1.97. The Bertz CT molecular complexity index is 549. The summed E-state index contributed by atoms with van der Waals surface area (Å²) < 4.78 is 2.17. The second kappa shape index (κ2) is 3.78. The minimum atomic E-state index is 0.133. The standard InChI is InChI=1S/C14H17NO/c1-9(2)15-8-13(11(4)16)12-6-5-10(3)7-14(12)15/h5-9H,1-4H3. The van der Waals surface area contributed by atoms with Crippen molar-refractivity contribution in [3.63, 3.8) is 0 Å². The van der Waals surface area contributed by atoms with Crippen molar-refractivity contribution in [3.05, 3.63) is 35.5 Å². The SMILES string of the molecule is CC(=O)c1cn(C(C)C)c2cc(C)ccc12. The molecule has 0 spiro atoms. The Hall–Kier alpha value is -1.57. The topological polar surface area (TPSA) is 22.0 Å². The molecule has 0 aliphatic carbocycles. The number of fused-ring (bicyclic) bond motifs is 1. The van der Waals surface area contributed by atoms with Crippen LogP contribution in [0.5, 0.6) is 0 Å². The van der Waals surface area contributed by atoms with Gasteiger partial charge in [-0.1, -0.05) is 12.1 Å². The summed E-state index contributed by atoms with van der Waals surface area (Å²) in [7, 11) is 0. The Morgan fingerprint density at radius 1 is 1.31 bits per heavy atom. The van der Waals surface area contributed by atoms with E-state index in [-0.39, 0.29) is 5.78 Å². The fourth-order valence-electron chi connectivity index (χ4n) is 2.07. The average molecular weight is 215 g/mol. The second-order valence-corrected chi connectivity index (χ2v) is 4.62. The highest BCUT2D eigenvalue weighted by atomic mass is 16.1. The Balaban J connectivity index is 2.81. The molecule has 1 heterocycles. The molecule has 1 aromatic carbocycles. The Kier molecular flexibility index (Phi) is 2.58. The number of hydrogen-bond donors (Lipinski definition) is 0. The van der Waals surface area contributed by atoms with Gasteiger partial charge in [0.25, 0.3) is 0 Å². The highest BCUT2D eigenvalue weighted by molar-refractivity contribution is 6.07. The summed E-state index contributed by atoms with van der Waals surface area (Å²) in [6, 6.07) is 6.61. The number of aromatic nitrogens is 1. The van der Waals surface area contributed by atoms with Crippen LogP contribution in [-0.4, -0.2) is 10.4 Å². The molecule has 2 rings (SSSR count). The molecule has 0 saturated carbocycles. The summed E-state index contributed by atoms with van der Waals surface area (Å²) in [4.78, 5) is 11.6. The number of hydrogen-bond acceptors (Lipinski definition) is 1. The van der Waals surface area contributed by atoms with Crippen molar-refractivity contribution < 1.29 is 4.79 Å². The van der Waals surface area contributed by atoms with Crippen molar-refractivity contribution in [1.82, 2.24) is 4.57 Å². The molecule has 2 heteroatoms. The van der Waals surface area contributed by atoms with Crippen molar-refractivity contribution >= 4 is 16.7 Å². The number of ketones is 1. The molecule has 0 N–H and O–H groups in total. The zero-order chi connectivity index (χ0) is 11.9. The number of Topliss-reactive ketones (excluding diaryl/α,β-unsaturated/α-hetero) is 1. The first-order valence-corrected chi connectivity index (χ1v) is 5.63. The summed E-state index contributed by atoms with van der Waals surface area (Å²) >= 11 is 0. The highest BCUT2D eigenvalue weighted by Gasteiger charge is 2.13. The van der Waals surface area contributed by atoms with E-state index >= 15 is 0 Å². The number of benzene rings is 1. The zero-order valence-electron chi connectivity index (χ0n) is 10.2. The first-order valence-electron chi connectivity index (χ1n) is 5.63. The van der Waals surface area contributed by atoms with Crippen LogP contribution in [0.3, 0.4) is 0 Å². The Morgan fingerprint density at radius 2 is 2.00 bits per heavy atom. The highest BCUT2D eigenvalue weighted by Crippen LogP contribution is 2.25. The lowest BCUT2D eigenvalue weighted by atomic mass is 10.1. The third-order valence-corrected chi connectivity index (χ3v) is 2.93. The number of nitrogens with zero attached hydrogens (tertiary/aromatic N) is 1. The maximum atomic E-state index is 11.6. The van der Waals surface area contributed by atoms with Crippen LogP contribution in [0.25, 0.3) is 10.9 Å². The van der Waals surface area contributed by atoms with Gasteiger partial charge in [-0.3, -0.25) is 4.79 Å². The molecular weight excluding hydrogens is 198 g/mol. The van der Waals surface area contributed by atoms with Crippen LogP contribution < -0.4 is 0 Å². The van der Waals surface area contributed by atoms with Crippen molar-refractivity contribution in [3.8, 4) is 0 Å². The van der Waals surface area contributed by atoms with Crippen LogP contribution in [0.2, 0.25) is 0 Å². The molecule has 0 unspecified atom stereocenters. The lowest BCUT2D eigenvalue weighted by Gasteiger charge is -2.09. The molecule has 0 fully saturated rings. The molecule has 2 aromatic rings. The normalized spacial score (nSPS) is 11.3. The first kappa shape index (κ1) is 10.9. The molecule has 0 saturated heterocycles. The number of rotatable bonds is 2. The van der Waals surface area contributed by atoms with Crippen molar-refractivity contribution in [2.24, 2.45) is 0 Å². The van der Waals surface area contributed by atoms with Gasteiger partial charge in [0.1, 0.15) is 0 Å². The van der Waals surface area contributed by atoms with E-state index in [4.69, 9.17) is 0 Å². The number of carbonyl (C=O) groups excluding carboxylic acids is 1. The first-order chi connectivity index (χ1) is 7.50. The molecule has 0 bridgehead atoms. The molecule has 2 nitrogen and oxygen atoms in total. The van der Waals surface area contributed by atoms with Crippen LogP contribution in [0.4, 0.5) is 0 Å². The molecule has 1 aromatic heterocycles. The maximum absolute atomic E-state index is 11.6. The fraction of sp³-hybridized carbons (Fsp3) is 0.357. The monoisotopic (exact) mass is 215 g/mol. The maximum Gasteiger partial charge on any atom is 0.161 e. The van der Waals surface area contributed by atoms with Crippen molar-refractivity contribution in [2.45, 2.75) is 33.7 Å². The van der Waals surface area contributed by atoms with Gasteiger partial charge in [-0.15, -0.1) is 0 Å². The largest absolute Gasteiger partial charge is 0.344 e. The van der Waals surface area contributed by atoms with Gasteiger partial charge in [-0.25, -0.2) is 0 Å². The van der Waals surface area contributed by atoms with E-state index < -0.39 is 0 Å². The lowest BCUT2D eigenvalue weighted by Crippen LogP contribution is -1.98. The van der Waals surface area contributed by atoms with Gasteiger partial charge in [-0.2, -0.15) is 0 Å². The second-order valence-electron chi connectivity index (χ2n) is 4.62. The van der Waals surface area contributed by atoms with Gasteiger partial charge in [0.15, 0.2) is 5.78 Å². The molecule has 0 radical (unpaired) electrons. The number of carbonyl (C=O) groups is 1. The molecule has 0 aliphatic heterocycles. The van der Waals surface area contributed by atoms with Gasteiger partial charge in [0, 0.05) is 28.7 Å². The van der Waals surface area contributed by atoms with Gasteiger partial charge < -0.3 is 4.57 Å². The van der Waals surface area contributed by atoms with Crippen LogP contribution in [-0.2, 0) is 0 Å². The quantitative estimate of drug-likeness (QED) is 0.699. The van der Waals surface area contributed by atoms with E-state index in [0.29, 0.717) is 6.04 Å². The predicted octanol–water partition coefficient (Wildman–Crippen LogP) is 3.73. The molecule has 0 aliphatic rings.